The Balaban J connectivity index is 0.989. The number of anilines is 3. The van der Waals surface area contributed by atoms with Gasteiger partial charge in [0.15, 0.2) is 0 Å². The lowest BCUT2D eigenvalue weighted by Gasteiger charge is -2.31. The number of fused-ring (bicyclic) bond motifs is 10. The second-order valence-electron chi connectivity index (χ2n) is 16.4. The molecular weight excluding hydrogens is 747 g/mol. The van der Waals surface area contributed by atoms with Crippen molar-refractivity contribution in [3.05, 3.63) is 271 Å². The number of hydrogen-bond donors (Lipinski definition) is 0. The molecule has 1 unspecified atom stereocenters. The first-order chi connectivity index (χ1) is 30.8. The van der Waals surface area contributed by atoms with Crippen molar-refractivity contribution in [1.29, 1.82) is 0 Å². The normalized spacial score (nSPS) is 14.2. The average Bonchev–Trinajstić information content (AvgIpc) is 3.83. The highest BCUT2D eigenvalue weighted by Gasteiger charge is 2.52. The van der Waals surface area contributed by atoms with Gasteiger partial charge in [-0.05, 0) is 131 Å². The van der Waals surface area contributed by atoms with Crippen LogP contribution in [0.25, 0.3) is 66.8 Å². The summed E-state index contributed by atoms with van der Waals surface area (Å²) in [5, 5.41) is 0. The van der Waals surface area contributed by atoms with Gasteiger partial charge in [-0.25, -0.2) is 0 Å². The van der Waals surface area contributed by atoms with Gasteiger partial charge in [-0.15, -0.1) is 0 Å². The zero-order valence-electron chi connectivity index (χ0n) is 34.1. The van der Waals surface area contributed by atoms with Crippen molar-refractivity contribution in [3.63, 3.8) is 0 Å². The topological polar surface area (TPSA) is 3.24 Å². The van der Waals surface area contributed by atoms with Crippen LogP contribution in [0, 0.1) is 0 Å². The molecule has 1 spiro atoms. The summed E-state index contributed by atoms with van der Waals surface area (Å²) in [5.41, 5.74) is 23.2. The van der Waals surface area contributed by atoms with Gasteiger partial charge in [0.25, 0.3) is 0 Å². The standard InChI is InChI=1S/C61H41N/c1-4-15-42(16-5-1)45-27-34-49(35-28-45)62(50-36-29-46(30-37-50)43-17-6-2-7-18-43)51-38-31-47(32-39-51)52-23-14-26-58-60(52)55-22-11-13-25-57(55)61(58)56-24-12-10-21-53(56)54-40-33-48(41-59(54)61)44-19-8-3-9-20-44/h1-41H. The maximum Gasteiger partial charge on any atom is 0.0725 e. The maximum atomic E-state index is 2.46. The van der Waals surface area contributed by atoms with Crippen LogP contribution in [-0.4, -0.2) is 0 Å². The van der Waals surface area contributed by atoms with E-state index < -0.39 is 5.41 Å². The highest BCUT2D eigenvalue weighted by atomic mass is 15.1. The van der Waals surface area contributed by atoms with Crippen LogP contribution in [0.1, 0.15) is 22.3 Å². The Morgan fingerprint density at radius 2 is 0.597 bits per heavy atom. The van der Waals surface area contributed by atoms with Gasteiger partial charge >= 0.3 is 0 Å². The number of rotatable bonds is 7. The van der Waals surface area contributed by atoms with E-state index in [2.05, 4.69) is 254 Å². The molecule has 0 heterocycles. The molecule has 0 radical (unpaired) electrons. The molecule has 2 aliphatic rings. The summed E-state index contributed by atoms with van der Waals surface area (Å²) in [6.45, 7) is 0. The fourth-order valence-corrected chi connectivity index (χ4v) is 10.3. The zero-order valence-corrected chi connectivity index (χ0v) is 34.1. The fraction of sp³-hybridized carbons (Fsp3) is 0.0164. The Morgan fingerprint density at radius 3 is 1.15 bits per heavy atom. The number of nitrogens with zero attached hydrogens (tertiary/aromatic N) is 1. The van der Waals surface area contributed by atoms with Crippen molar-refractivity contribution < 1.29 is 0 Å². The first-order valence-electron chi connectivity index (χ1n) is 21.5. The molecule has 10 aromatic carbocycles. The lowest BCUT2D eigenvalue weighted by Crippen LogP contribution is -2.25. The van der Waals surface area contributed by atoms with Gasteiger partial charge in [0.2, 0.25) is 0 Å². The molecule has 10 aromatic rings. The van der Waals surface area contributed by atoms with Gasteiger partial charge in [0, 0.05) is 17.1 Å². The molecule has 0 saturated carbocycles. The van der Waals surface area contributed by atoms with Crippen molar-refractivity contribution in [2.24, 2.45) is 0 Å². The van der Waals surface area contributed by atoms with Crippen LogP contribution in [-0.2, 0) is 5.41 Å². The Hall–Kier alpha value is -8.00. The summed E-state index contributed by atoms with van der Waals surface area (Å²) in [4.78, 5) is 2.36. The zero-order chi connectivity index (χ0) is 41.0. The van der Waals surface area contributed by atoms with E-state index in [4.69, 9.17) is 0 Å². The van der Waals surface area contributed by atoms with Gasteiger partial charge in [-0.3, -0.25) is 0 Å². The largest absolute Gasteiger partial charge is 0.311 e. The van der Waals surface area contributed by atoms with Crippen molar-refractivity contribution in [2.75, 3.05) is 4.90 Å². The van der Waals surface area contributed by atoms with E-state index in [1.165, 1.54) is 89.0 Å². The van der Waals surface area contributed by atoms with Crippen LogP contribution in [0.5, 0.6) is 0 Å². The van der Waals surface area contributed by atoms with Gasteiger partial charge in [-0.1, -0.05) is 206 Å². The molecule has 0 fully saturated rings. The molecule has 0 N–H and O–H groups in total. The minimum atomic E-state index is -0.437. The molecule has 1 nitrogen and oxygen atoms in total. The molecule has 290 valence electrons. The second kappa shape index (κ2) is 14.6. The summed E-state index contributed by atoms with van der Waals surface area (Å²) >= 11 is 0. The van der Waals surface area contributed by atoms with Crippen molar-refractivity contribution >= 4 is 17.1 Å². The molecule has 0 bridgehead atoms. The van der Waals surface area contributed by atoms with Gasteiger partial charge in [0.05, 0.1) is 5.41 Å². The van der Waals surface area contributed by atoms with Crippen molar-refractivity contribution in [1.82, 2.24) is 0 Å². The molecule has 0 amide bonds. The predicted octanol–water partition coefficient (Wildman–Crippen LogP) is 16.2. The molecule has 0 saturated heterocycles. The Morgan fingerprint density at radius 1 is 0.226 bits per heavy atom. The molecule has 62 heavy (non-hydrogen) atoms. The first kappa shape index (κ1) is 35.9. The van der Waals surface area contributed by atoms with E-state index in [1.807, 2.05) is 0 Å². The predicted molar refractivity (Wildman–Crippen MR) is 259 cm³/mol. The van der Waals surface area contributed by atoms with Crippen LogP contribution in [0.3, 0.4) is 0 Å². The van der Waals surface area contributed by atoms with Crippen LogP contribution >= 0.6 is 0 Å². The maximum absolute atomic E-state index is 2.46. The van der Waals surface area contributed by atoms with E-state index in [0.717, 1.165) is 17.1 Å². The lowest BCUT2D eigenvalue weighted by molar-refractivity contribution is 0.794. The summed E-state index contributed by atoms with van der Waals surface area (Å²) in [7, 11) is 0. The molecule has 1 atom stereocenters. The third-order valence-electron chi connectivity index (χ3n) is 13.1. The van der Waals surface area contributed by atoms with Crippen molar-refractivity contribution in [3.8, 4) is 66.8 Å². The molecule has 12 rings (SSSR count). The highest BCUT2D eigenvalue weighted by Crippen LogP contribution is 2.64. The molecule has 1 heteroatoms. The van der Waals surface area contributed by atoms with Crippen molar-refractivity contribution in [2.45, 2.75) is 5.41 Å². The monoisotopic (exact) mass is 787 g/mol. The second-order valence-corrected chi connectivity index (χ2v) is 16.4. The molecular formula is C61H41N. The van der Waals surface area contributed by atoms with Crippen LogP contribution in [0.4, 0.5) is 17.1 Å². The summed E-state index contributed by atoms with van der Waals surface area (Å²) < 4.78 is 0. The van der Waals surface area contributed by atoms with Gasteiger partial charge in [-0.2, -0.15) is 0 Å². The average molecular weight is 788 g/mol. The Labute approximate surface area is 363 Å². The minimum Gasteiger partial charge on any atom is -0.311 e. The number of benzene rings is 10. The van der Waals surface area contributed by atoms with E-state index in [-0.39, 0.29) is 0 Å². The number of hydrogen-bond acceptors (Lipinski definition) is 1. The van der Waals surface area contributed by atoms with Gasteiger partial charge in [0.1, 0.15) is 0 Å². The molecule has 2 aliphatic carbocycles. The van der Waals surface area contributed by atoms with E-state index in [0.29, 0.717) is 0 Å². The van der Waals surface area contributed by atoms with E-state index in [9.17, 15) is 0 Å². The first-order valence-corrected chi connectivity index (χ1v) is 21.5. The summed E-state index contributed by atoms with van der Waals surface area (Å²) in [5.74, 6) is 0. The fourth-order valence-electron chi connectivity index (χ4n) is 10.3. The smallest absolute Gasteiger partial charge is 0.0725 e. The van der Waals surface area contributed by atoms with Crippen LogP contribution in [0.2, 0.25) is 0 Å². The van der Waals surface area contributed by atoms with Gasteiger partial charge < -0.3 is 4.90 Å². The third-order valence-corrected chi connectivity index (χ3v) is 13.1. The van der Waals surface area contributed by atoms with E-state index in [1.54, 1.807) is 0 Å². The lowest BCUT2D eigenvalue weighted by atomic mass is 9.70. The minimum absolute atomic E-state index is 0.437. The third kappa shape index (κ3) is 5.63. The highest BCUT2D eigenvalue weighted by molar-refractivity contribution is 6.00. The molecule has 0 aliphatic heterocycles. The summed E-state index contributed by atoms with van der Waals surface area (Å²) in [6, 6.07) is 91.3. The van der Waals surface area contributed by atoms with Crippen LogP contribution < -0.4 is 4.90 Å². The van der Waals surface area contributed by atoms with E-state index >= 15 is 0 Å². The Kier molecular flexibility index (Phi) is 8.47. The quantitative estimate of drug-likeness (QED) is 0.155. The van der Waals surface area contributed by atoms with Crippen LogP contribution in [0.15, 0.2) is 249 Å². The summed E-state index contributed by atoms with van der Waals surface area (Å²) in [6.07, 6.45) is 0. The molecule has 0 aromatic heterocycles. The SMILES string of the molecule is c1ccc(-c2ccc(N(c3ccc(-c4ccccc4)cc3)c3ccc(-c4cccc5c4-c4ccccc4C54c5ccccc5-c5ccc(-c6ccccc6)cc54)cc3)cc2)cc1. The Bertz CT molecular complexity index is 3160.